The number of carbonyl (C=O) groups excluding carboxylic acids is 3. The molecule has 1 aliphatic heterocycles. The van der Waals surface area contributed by atoms with E-state index >= 15 is 0 Å². The zero-order valence-corrected chi connectivity index (χ0v) is 19.5. The van der Waals surface area contributed by atoms with Crippen LogP contribution in [0.4, 0.5) is 5.82 Å². The second-order valence-corrected chi connectivity index (χ2v) is 6.72. The topological polar surface area (TPSA) is 101 Å². The molecule has 8 heteroatoms. The number of likely N-dealkylation sites (tertiary alicyclic amines) is 1. The second-order valence-electron chi connectivity index (χ2n) is 6.72. The lowest BCUT2D eigenvalue weighted by Gasteiger charge is -2.13. The summed E-state index contributed by atoms with van der Waals surface area (Å²) in [6, 6.07) is 13.7. The molecule has 2 N–H and O–H groups in total. The standard InChI is InChI=1S/C12H10N2O.C7H14N2O.C3H8.C2H4O2/c15-9-14-12-7-6-11(8-13-12)10-4-2-1-3-5-10;1-8-6-7(10)9-4-2-3-5-9;1-3-2;1-4-2-3/h1-9H,(H,13,14,15);8H,2-6H2,1H3;3H2,1-2H3;2H,1H3. The Morgan fingerprint density at radius 2 is 1.66 bits per heavy atom. The number of nitrogens with zero attached hydrogens (tertiary/aromatic N) is 2. The highest BCUT2D eigenvalue weighted by molar-refractivity contribution is 5.78. The van der Waals surface area contributed by atoms with E-state index in [1.807, 2.05) is 41.3 Å². The second kappa shape index (κ2) is 19.7. The zero-order valence-electron chi connectivity index (χ0n) is 19.5. The van der Waals surface area contributed by atoms with Gasteiger partial charge in [-0.1, -0.05) is 50.6 Å². The summed E-state index contributed by atoms with van der Waals surface area (Å²) in [5.74, 6) is 0.796. The normalized spacial score (nSPS) is 11.3. The van der Waals surface area contributed by atoms with Crippen LogP contribution in [0.2, 0.25) is 0 Å². The van der Waals surface area contributed by atoms with E-state index in [2.05, 4.69) is 34.2 Å². The van der Waals surface area contributed by atoms with E-state index in [9.17, 15) is 9.59 Å². The molecule has 2 aromatic rings. The summed E-state index contributed by atoms with van der Waals surface area (Å²) < 4.78 is 3.86. The molecule has 1 saturated heterocycles. The predicted octanol–water partition coefficient (Wildman–Crippen LogP) is 3.35. The summed E-state index contributed by atoms with van der Waals surface area (Å²) in [7, 11) is 3.11. The summed E-state index contributed by atoms with van der Waals surface area (Å²) in [4.78, 5) is 36.3. The van der Waals surface area contributed by atoms with Crippen LogP contribution in [0.3, 0.4) is 0 Å². The summed E-state index contributed by atoms with van der Waals surface area (Å²) in [6.07, 6.45) is 5.95. The Hall–Kier alpha value is -3.26. The molecule has 0 unspecified atom stereocenters. The number of methoxy groups -OCH3 is 1. The molecule has 1 aromatic carbocycles. The number of carbonyl (C=O) groups is 3. The maximum absolute atomic E-state index is 11.1. The van der Waals surface area contributed by atoms with Crippen molar-refractivity contribution in [2.24, 2.45) is 0 Å². The third-order valence-corrected chi connectivity index (χ3v) is 3.96. The number of ether oxygens (including phenoxy) is 1. The summed E-state index contributed by atoms with van der Waals surface area (Å²) in [6.45, 7) is 7.03. The smallest absolute Gasteiger partial charge is 0.292 e. The number of benzene rings is 1. The van der Waals surface area contributed by atoms with Crippen LogP contribution in [0.25, 0.3) is 11.1 Å². The van der Waals surface area contributed by atoms with E-state index < -0.39 is 0 Å². The minimum atomic E-state index is 0.236. The van der Waals surface area contributed by atoms with Crippen LogP contribution in [0, 0.1) is 0 Å². The predicted molar refractivity (Wildman–Crippen MR) is 128 cm³/mol. The fraction of sp³-hybridized carbons (Fsp3) is 0.417. The van der Waals surface area contributed by atoms with Crippen molar-refractivity contribution < 1.29 is 19.1 Å². The first-order valence-electron chi connectivity index (χ1n) is 10.7. The highest BCUT2D eigenvalue weighted by atomic mass is 16.5. The molecule has 8 nitrogen and oxygen atoms in total. The van der Waals surface area contributed by atoms with E-state index in [0.29, 0.717) is 25.2 Å². The highest BCUT2D eigenvalue weighted by Gasteiger charge is 2.16. The number of hydrogen-bond donors (Lipinski definition) is 2. The quantitative estimate of drug-likeness (QED) is 0.663. The van der Waals surface area contributed by atoms with Gasteiger partial charge in [-0.3, -0.25) is 14.4 Å². The van der Waals surface area contributed by atoms with Crippen molar-refractivity contribution in [3.63, 3.8) is 0 Å². The zero-order chi connectivity index (χ0) is 24.0. The maximum Gasteiger partial charge on any atom is 0.292 e. The van der Waals surface area contributed by atoms with Crippen LogP contribution in [0.5, 0.6) is 0 Å². The monoisotopic (exact) mass is 444 g/mol. The number of amides is 2. The molecule has 2 amide bonds. The Morgan fingerprint density at radius 1 is 1.06 bits per heavy atom. The van der Waals surface area contributed by atoms with Crippen LogP contribution in [0.15, 0.2) is 48.7 Å². The lowest BCUT2D eigenvalue weighted by atomic mass is 10.1. The van der Waals surface area contributed by atoms with Crippen LogP contribution >= 0.6 is 0 Å². The van der Waals surface area contributed by atoms with Crippen molar-refractivity contribution in [1.82, 2.24) is 15.2 Å². The van der Waals surface area contributed by atoms with Crippen molar-refractivity contribution in [3.05, 3.63) is 48.7 Å². The third kappa shape index (κ3) is 13.1. The lowest BCUT2D eigenvalue weighted by molar-refractivity contribution is -0.129. The van der Waals surface area contributed by atoms with Gasteiger partial charge >= 0.3 is 0 Å². The first kappa shape index (κ1) is 28.7. The molecule has 0 aliphatic carbocycles. The van der Waals surface area contributed by atoms with Crippen molar-refractivity contribution in [3.8, 4) is 11.1 Å². The Kier molecular flexibility index (Phi) is 17.7. The summed E-state index contributed by atoms with van der Waals surface area (Å²) >= 11 is 0. The highest BCUT2D eigenvalue weighted by Crippen LogP contribution is 2.18. The first-order valence-corrected chi connectivity index (χ1v) is 10.7. The number of hydrogen-bond acceptors (Lipinski definition) is 6. The molecule has 0 saturated carbocycles. The number of nitrogens with one attached hydrogen (secondary N) is 2. The van der Waals surface area contributed by atoms with E-state index in [1.54, 1.807) is 19.3 Å². The molecule has 0 spiro atoms. The van der Waals surface area contributed by atoms with Crippen LogP contribution in [-0.2, 0) is 19.1 Å². The average Bonchev–Trinajstić information content (AvgIpc) is 3.37. The van der Waals surface area contributed by atoms with E-state index in [0.717, 1.165) is 24.2 Å². The molecular formula is C24H36N4O4. The van der Waals surface area contributed by atoms with Gasteiger partial charge in [-0.15, -0.1) is 0 Å². The Balaban J connectivity index is 0.000000487. The largest absolute Gasteiger partial charge is 0.471 e. The van der Waals surface area contributed by atoms with E-state index in [1.165, 1.54) is 26.4 Å². The summed E-state index contributed by atoms with van der Waals surface area (Å²) in [5, 5.41) is 5.35. The van der Waals surface area contributed by atoms with Crippen LogP contribution in [0.1, 0.15) is 33.1 Å². The molecule has 176 valence electrons. The molecule has 32 heavy (non-hydrogen) atoms. The van der Waals surface area contributed by atoms with Crippen LogP contribution in [-0.4, -0.2) is 62.5 Å². The number of aromatic nitrogens is 1. The first-order chi connectivity index (χ1) is 15.6. The molecule has 1 aliphatic rings. The molecule has 0 radical (unpaired) electrons. The molecule has 0 atom stereocenters. The SMILES string of the molecule is CCC.CNCC(=O)N1CCCC1.COC=O.O=CNc1ccc(-c2ccccc2)cn1. The minimum Gasteiger partial charge on any atom is -0.471 e. The Morgan fingerprint density at radius 3 is 2.09 bits per heavy atom. The fourth-order valence-electron chi connectivity index (χ4n) is 2.57. The van der Waals surface area contributed by atoms with Gasteiger partial charge in [0.25, 0.3) is 6.47 Å². The lowest BCUT2D eigenvalue weighted by Crippen LogP contribution is -2.34. The van der Waals surface area contributed by atoms with Gasteiger partial charge in [0.15, 0.2) is 0 Å². The van der Waals surface area contributed by atoms with Gasteiger partial charge in [0.1, 0.15) is 5.82 Å². The molecule has 1 fully saturated rings. The van der Waals surface area contributed by atoms with Gasteiger partial charge in [0, 0.05) is 24.8 Å². The summed E-state index contributed by atoms with van der Waals surface area (Å²) in [5.41, 5.74) is 2.15. The maximum atomic E-state index is 11.1. The average molecular weight is 445 g/mol. The van der Waals surface area contributed by atoms with Crippen molar-refractivity contribution in [1.29, 1.82) is 0 Å². The number of likely N-dealkylation sites (N-methyl/N-ethyl adjacent to an activating group) is 1. The van der Waals surface area contributed by atoms with Gasteiger partial charge in [0.05, 0.1) is 13.7 Å². The Bertz CT molecular complexity index is 733. The van der Waals surface area contributed by atoms with Crippen molar-refractivity contribution in [2.75, 3.05) is 39.1 Å². The molecule has 1 aromatic heterocycles. The third-order valence-electron chi connectivity index (χ3n) is 3.96. The van der Waals surface area contributed by atoms with Gasteiger partial charge in [-0.25, -0.2) is 4.98 Å². The van der Waals surface area contributed by atoms with Crippen molar-refractivity contribution >= 4 is 24.6 Å². The van der Waals surface area contributed by atoms with Gasteiger partial charge < -0.3 is 20.3 Å². The van der Waals surface area contributed by atoms with E-state index in [-0.39, 0.29) is 5.91 Å². The van der Waals surface area contributed by atoms with Crippen LogP contribution < -0.4 is 10.6 Å². The minimum absolute atomic E-state index is 0.236. The number of rotatable bonds is 6. The fourth-order valence-corrected chi connectivity index (χ4v) is 2.57. The Labute approximate surface area is 191 Å². The molecule has 3 rings (SSSR count). The number of anilines is 1. The molecule has 0 bridgehead atoms. The van der Waals surface area contributed by atoms with Crippen molar-refractivity contribution in [2.45, 2.75) is 33.1 Å². The molecular weight excluding hydrogens is 408 g/mol. The molecule has 2 heterocycles. The number of pyridine rings is 1. The van der Waals surface area contributed by atoms with Gasteiger partial charge in [-0.05, 0) is 37.6 Å². The van der Waals surface area contributed by atoms with E-state index in [4.69, 9.17) is 4.79 Å². The van der Waals surface area contributed by atoms with Gasteiger partial charge in [0.2, 0.25) is 12.3 Å². The van der Waals surface area contributed by atoms with Gasteiger partial charge in [-0.2, -0.15) is 0 Å².